The van der Waals surface area contributed by atoms with Gasteiger partial charge in [-0.1, -0.05) is 44.7 Å². The second kappa shape index (κ2) is 4.95. The number of allylic oxidation sites excluding steroid dienone is 4. The van der Waals surface area contributed by atoms with E-state index >= 15 is 0 Å². The van der Waals surface area contributed by atoms with E-state index in [4.69, 9.17) is 0 Å². The second-order valence-electron chi connectivity index (χ2n) is 3.29. The van der Waals surface area contributed by atoms with Crippen molar-refractivity contribution in [2.24, 2.45) is 5.92 Å². The minimum atomic E-state index is 0.690. The van der Waals surface area contributed by atoms with Gasteiger partial charge in [-0.25, -0.2) is 0 Å². The van der Waals surface area contributed by atoms with Gasteiger partial charge >= 0.3 is 0 Å². The highest BCUT2D eigenvalue weighted by Gasteiger charge is 1.98. The van der Waals surface area contributed by atoms with Crippen molar-refractivity contribution in [1.82, 2.24) is 0 Å². The molecular weight excluding hydrogens is 132 g/mol. The predicted molar refractivity (Wildman–Crippen MR) is 52.5 cm³/mol. The zero-order chi connectivity index (χ0) is 8.85. The van der Waals surface area contributed by atoms with E-state index in [-0.39, 0.29) is 0 Å². The molecule has 0 saturated carbocycles. The maximum Gasteiger partial charge on any atom is -0.0259 e. The molecule has 0 rings (SSSR count). The summed E-state index contributed by atoms with van der Waals surface area (Å²) in [5, 5.41) is 0. The Balaban J connectivity index is 4.03. The third-order valence-corrected chi connectivity index (χ3v) is 1.58. The molecule has 0 radical (unpaired) electrons. The first-order chi connectivity index (χ1) is 5.07. The summed E-state index contributed by atoms with van der Waals surface area (Å²) in [5.74, 6) is 0.690. The van der Waals surface area contributed by atoms with Crippen LogP contribution in [0.2, 0.25) is 0 Å². The van der Waals surface area contributed by atoms with Gasteiger partial charge in [0, 0.05) is 0 Å². The molecule has 0 aromatic carbocycles. The van der Waals surface area contributed by atoms with Crippen LogP contribution in [-0.4, -0.2) is 0 Å². The molecule has 0 spiro atoms. The van der Waals surface area contributed by atoms with Gasteiger partial charge in [-0.2, -0.15) is 0 Å². The highest BCUT2D eigenvalue weighted by Crippen LogP contribution is 2.16. The number of hydrogen-bond acceptors (Lipinski definition) is 0. The van der Waals surface area contributed by atoms with Gasteiger partial charge in [-0.3, -0.25) is 0 Å². The molecule has 0 heteroatoms. The fourth-order valence-corrected chi connectivity index (χ4v) is 0.948. The first-order valence-electron chi connectivity index (χ1n) is 4.05. The second-order valence-corrected chi connectivity index (χ2v) is 3.29. The van der Waals surface area contributed by atoms with E-state index in [1.807, 2.05) is 6.08 Å². The van der Waals surface area contributed by atoms with Crippen LogP contribution in [0.4, 0.5) is 0 Å². The van der Waals surface area contributed by atoms with Gasteiger partial charge in [0.05, 0.1) is 0 Å². The highest BCUT2D eigenvalue weighted by atomic mass is 14.0. The lowest BCUT2D eigenvalue weighted by Crippen LogP contribution is -1.91. The van der Waals surface area contributed by atoms with Crippen LogP contribution in [0, 0.1) is 5.92 Å². The molecule has 62 valence electrons. The van der Waals surface area contributed by atoms with Gasteiger partial charge in [-0.05, 0) is 24.8 Å². The van der Waals surface area contributed by atoms with Crippen LogP contribution in [0.5, 0.6) is 0 Å². The van der Waals surface area contributed by atoms with Gasteiger partial charge in [0.25, 0.3) is 0 Å². The lowest BCUT2D eigenvalue weighted by molar-refractivity contribution is 0.647. The van der Waals surface area contributed by atoms with E-state index in [2.05, 4.69) is 33.9 Å². The first-order valence-corrected chi connectivity index (χ1v) is 4.05. The third kappa shape index (κ3) is 4.60. The largest absolute Gasteiger partial charge is 0.0991 e. The topological polar surface area (TPSA) is 0 Å². The molecular formula is C11H18. The molecule has 0 bridgehead atoms. The van der Waals surface area contributed by atoms with Crippen LogP contribution in [-0.2, 0) is 0 Å². The molecule has 0 heterocycles. The van der Waals surface area contributed by atoms with E-state index in [0.29, 0.717) is 5.92 Å². The molecule has 0 aromatic heterocycles. The molecule has 0 nitrogen and oxygen atoms in total. The molecule has 11 heavy (non-hydrogen) atoms. The quantitative estimate of drug-likeness (QED) is 0.536. The predicted octanol–water partition coefficient (Wildman–Crippen LogP) is 3.72. The highest BCUT2D eigenvalue weighted by molar-refractivity contribution is 5.28. The Bertz CT molecular complexity index is 170. The fourth-order valence-electron chi connectivity index (χ4n) is 0.948. The summed E-state index contributed by atoms with van der Waals surface area (Å²) in [7, 11) is 0. The Labute approximate surface area is 70.3 Å². The summed E-state index contributed by atoms with van der Waals surface area (Å²) in [6.45, 7) is 14.1. The fraction of sp³-hybridized carbons (Fsp3) is 0.455. The molecule has 0 saturated heterocycles. The monoisotopic (exact) mass is 150 g/mol. The zero-order valence-corrected chi connectivity index (χ0v) is 7.85. The molecule has 0 aliphatic carbocycles. The Kier molecular flexibility index (Phi) is 4.60. The van der Waals surface area contributed by atoms with E-state index in [1.54, 1.807) is 6.08 Å². The van der Waals surface area contributed by atoms with Gasteiger partial charge in [0.15, 0.2) is 0 Å². The summed E-state index contributed by atoms with van der Waals surface area (Å²) in [6.07, 6.45) is 4.89. The molecule has 0 aliphatic rings. The van der Waals surface area contributed by atoms with Crippen molar-refractivity contribution in [2.45, 2.75) is 27.2 Å². The Morgan fingerprint density at radius 3 is 2.36 bits per heavy atom. The SMILES string of the molecule is C=C/C=C(/C)C(=C)CC(C)C. The van der Waals surface area contributed by atoms with Gasteiger partial charge in [0.1, 0.15) is 0 Å². The summed E-state index contributed by atoms with van der Waals surface area (Å²) in [4.78, 5) is 0. The van der Waals surface area contributed by atoms with E-state index < -0.39 is 0 Å². The summed E-state index contributed by atoms with van der Waals surface area (Å²) < 4.78 is 0. The van der Waals surface area contributed by atoms with Crippen LogP contribution in [0.25, 0.3) is 0 Å². The van der Waals surface area contributed by atoms with Crippen LogP contribution in [0.3, 0.4) is 0 Å². The molecule has 0 fully saturated rings. The van der Waals surface area contributed by atoms with Crippen molar-refractivity contribution < 1.29 is 0 Å². The van der Waals surface area contributed by atoms with Crippen molar-refractivity contribution in [1.29, 1.82) is 0 Å². The maximum atomic E-state index is 4.00. The van der Waals surface area contributed by atoms with Gasteiger partial charge < -0.3 is 0 Å². The van der Waals surface area contributed by atoms with E-state index in [9.17, 15) is 0 Å². The Morgan fingerprint density at radius 1 is 1.45 bits per heavy atom. The number of rotatable bonds is 4. The van der Waals surface area contributed by atoms with Crippen LogP contribution in [0.15, 0.2) is 36.5 Å². The summed E-state index contributed by atoms with van der Waals surface area (Å²) in [6, 6.07) is 0. The zero-order valence-electron chi connectivity index (χ0n) is 7.85. The van der Waals surface area contributed by atoms with Gasteiger partial charge in [-0.15, -0.1) is 0 Å². The Morgan fingerprint density at radius 2 is 2.00 bits per heavy atom. The lowest BCUT2D eigenvalue weighted by Gasteiger charge is -2.07. The third-order valence-electron chi connectivity index (χ3n) is 1.58. The molecule has 0 amide bonds. The maximum absolute atomic E-state index is 4.00. The van der Waals surface area contributed by atoms with E-state index in [1.165, 1.54) is 11.1 Å². The molecule has 0 unspecified atom stereocenters. The number of hydrogen-bond donors (Lipinski definition) is 0. The average molecular weight is 150 g/mol. The smallest absolute Gasteiger partial charge is 0.0259 e. The standard InChI is InChI=1S/C11H18/c1-6-7-10(4)11(5)8-9(2)3/h6-7,9H,1,5,8H2,2-4H3/b10-7-. The van der Waals surface area contributed by atoms with Crippen molar-refractivity contribution in [2.75, 3.05) is 0 Å². The summed E-state index contributed by atoms with van der Waals surface area (Å²) in [5.41, 5.74) is 2.47. The van der Waals surface area contributed by atoms with Crippen molar-refractivity contribution >= 4 is 0 Å². The minimum absolute atomic E-state index is 0.690. The van der Waals surface area contributed by atoms with Crippen molar-refractivity contribution in [3.63, 3.8) is 0 Å². The normalized spacial score (nSPS) is 11.8. The van der Waals surface area contributed by atoms with Crippen molar-refractivity contribution in [3.05, 3.63) is 36.5 Å². The Hall–Kier alpha value is -0.780. The van der Waals surface area contributed by atoms with Gasteiger partial charge in [0.2, 0.25) is 0 Å². The molecule has 0 aromatic rings. The van der Waals surface area contributed by atoms with Crippen molar-refractivity contribution in [3.8, 4) is 0 Å². The van der Waals surface area contributed by atoms with Crippen LogP contribution < -0.4 is 0 Å². The molecule has 0 N–H and O–H groups in total. The lowest BCUT2D eigenvalue weighted by atomic mass is 9.99. The van der Waals surface area contributed by atoms with Crippen LogP contribution in [0.1, 0.15) is 27.2 Å². The summed E-state index contributed by atoms with van der Waals surface area (Å²) >= 11 is 0. The van der Waals surface area contributed by atoms with E-state index in [0.717, 1.165) is 6.42 Å². The molecule has 0 atom stereocenters. The first kappa shape index (κ1) is 10.2. The minimum Gasteiger partial charge on any atom is -0.0991 e. The van der Waals surface area contributed by atoms with Crippen LogP contribution >= 0.6 is 0 Å². The average Bonchev–Trinajstić information content (AvgIpc) is 1.86. The molecule has 0 aliphatic heterocycles.